The molecule has 2 heterocycles. The average molecular weight is 582 g/mol. The number of hydrogen-bond acceptors (Lipinski definition) is 11. The monoisotopic (exact) mass is 581 g/mol. The molecular weight excluding hydrogens is 549 g/mol. The smallest absolute Gasteiger partial charge is 0.459 e. The van der Waals surface area contributed by atoms with E-state index in [4.69, 9.17) is 29.7 Å². The minimum atomic E-state index is -4.38. The number of aliphatic hydroxyl groups is 2. The molecule has 1 aliphatic heterocycles. The molecule has 0 saturated carbocycles. The van der Waals surface area contributed by atoms with Gasteiger partial charge in [-0.1, -0.05) is 24.1 Å². The zero-order valence-corrected chi connectivity index (χ0v) is 23.2. The van der Waals surface area contributed by atoms with Crippen molar-refractivity contribution in [3.63, 3.8) is 0 Å². The van der Waals surface area contributed by atoms with Crippen molar-refractivity contribution in [3.8, 4) is 18.1 Å². The van der Waals surface area contributed by atoms with Gasteiger partial charge in [0.25, 0.3) is 5.56 Å². The summed E-state index contributed by atoms with van der Waals surface area (Å²) in [6.45, 7) is 4.04. The molecular formula is C25H32N3O11P. The molecule has 1 aliphatic rings. The molecule has 4 N–H and O–H groups in total. The van der Waals surface area contributed by atoms with Crippen molar-refractivity contribution >= 4 is 13.7 Å². The Hall–Kier alpha value is -3.28. The SMILES string of the molecule is C#C[C@@]1(O)[C@H](O)[C@@H](COP(=O)(NC(C)C(=O)OCC(C)(C)OC)Oc2ccccc2)O[C@H]1n1ccc(=O)[nH]c1=O. The molecule has 218 valence electrons. The number of hydrogen-bond donors (Lipinski definition) is 4. The van der Waals surface area contributed by atoms with Gasteiger partial charge in [-0.05, 0) is 32.9 Å². The van der Waals surface area contributed by atoms with E-state index in [0.717, 1.165) is 16.8 Å². The highest BCUT2D eigenvalue weighted by Crippen LogP contribution is 2.46. The van der Waals surface area contributed by atoms with E-state index in [2.05, 4.69) is 5.09 Å². The molecule has 2 aromatic rings. The molecule has 1 saturated heterocycles. The van der Waals surface area contributed by atoms with Gasteiger partial charge in [-0.2, -0.15) is 5.09 Å². The predicted molar refractivity (Wildman–Crippen MR) is 140 cm³/mol. The lowest BCUT2D eigenvalue weighted by Gasteiger charge is -2.27. The molecule has 3 rings (SSSR count). The maximum atomic E-state index is 13.8. The number of esters is 1. The summed E-state index contributed by atoms with van der Waals surface area (Å²) in [5.41, 5.74) is -4.85. The Bertz CT molecular complexity index is 1390. The van der Waals surface area contributed by atoms with E-state index in [1.807, 2.05) is 10.9 Å². The normalized spacial score (nSPS) is 25.0. The molecule has 6 atom stereocenters. The number of carbonyl (C=O) groups excluding carboxylic acids is 1. The number of aromatic amines is 1. The van der Waals surface area contributed by atoms with Crippen LogP contribution in [0.3, 0.4) is 0 Å². The molecule has 1 aromatic heterocycles. The van der Waals surface area contributed by atoms with Crippen LogP contribution in [0.5, 0.6) is 5.75 Å². The van der Waals surface area contributed by atoms with Crippen molar-refractivity contribution in [1.29, 1.82) is 0 Å². The molecule has 1 fully saturated rings. The number of nitrogens with one attached hydrogen (secondary N) is 2. The first kappa shape index (κ1) is 31.3. The van der Waals surface area contributed by atoms with Gasteiger partial charge in [-0.3, -0.25) is 23.7 Å². The topological polar surface area (TPSA) is 188 Å². The van der Waals surface area contributed by atoms with E-state index in [9.17, 15) is 29.2 Å². The van der Waals surface area contributed by atoms with Crippen LogP contribution in [-0.2, 0) is 28.1 Å². The number of benzene rings is 1. The highest BCUT2D eigenvalue weighted by Gasteiger charge is 2.56. The van der Waals surface area contributed by atoms with E-state index < -0.39 is 67.3 Å². The van der Waals surface area contributed by atoms with Gasteiger partial charge >= 0.3 is 19.4 Å². The number of aliphatic hydroxyl groups excluding tert-OH is 1. The Labute approximate surface area is 229 Å². The first-order valence-electron chi connectivity index (χ1n) is 12.1. The van der Waals surface area contributed by atoms with Crippen LogP contribution in [0.25, 0.3) is 0 Å². The summed E-state index contributed by atoms with van der Waals surface area (Å²) in [5, 5.41) is 24.2. The van der Waals surface area contributed by atoms with Gasteiger partial charge in [-0.15, -0.1) is 6.42 Å². The highest BCUT2D eigenvalue weighted by molar-refractivity contribution is 7.52. The molecule has 0 spiro atoms. The maximum absolute atomic E-state index is 13.8. The zero-order valence-electron chi connectivity index (χ0n) is 22.3. The Morgan fingerprint density at radius 2 is 2.00 bits per heavy atom. The van der Waals surface area contributed by atoms with Gasteiger partial charge in [0.1, 0.15) is 30.6 Å². The van der Waals surface area contributed by atoms with Gasteiger partial charge in [-0.25, -0.2) is 9.36 Å². The number of terminal acetylenes is 1. The van der Waals surface area contributed by atoms with Crippen LogP contribution in [-0.4, -0.2) is 75.5 Å². The average Bonchev–Trinajstić information content (AvgIpc) is 3.16. The Morgan fingerprint density at radius 3 is 2.60 bits per heavy atom. The number of ether oxygens (including phenoxy) is 3. The second-order valence-corrected chi connectivity index (χ2v) is 11.3. The van der Waals surface area contributed by atoms with Gasteiger partial charge in [0.05, 0.1) is 12.2 Å². The minimum absolute atomic E-state index is 0.0860. The van der Waals surface area contributed by atoms with E-state index in [1.54, 1.807) is 32.0 Å². The highest BCUT2D eigenvalue weighted by atomic mass is 31.2. The third kappa shape index (κ3) is 7.26. The second kappa shape index (κ2) is 12.5. The summed E-state index contributed by atoms with van der Waals surface area (Å²) in [4.78, 5) is 38.3. The largest absolute Gasteiger partial charge is 0.461 e. The summed E-state index contributed by atoms with van der Waals surface area (Å²) in [5.74, 6) is 1.37. The molecule has 2 unspecified atom stereocenters. The number of nitrogens with zero attached hydrogens (tertiary/aromatic N) is 1. The van der Waals surface area contributed by atoms with E-state index in [0.29, 0.717) is 0 Å². The number of methoxy groups -OCH3 is 1. The summed E-state index contributed by atoms with van der Waals surface area (Å²) < 4.78 is 41.7. The van der Waals surface area contributed by atoms with Crippen LogP contribution in [0, 0.1) is 12.3 Å². The molecule has 0 amide bonds. The first-order chi connectivity index (χ1) is 18.7. The summed E-state index contributed by atoms with van der Waals surface area (Å²) in [7, 11) is -2.92. The van der Waals surface area contributed by atoms with E-state index in [-0.39, 0.29) is 12.4 Å². The fourth-order valence-corrected chi connectivity index (χ4v) is 5.05. The molecule has 0 radical (unpaired) electrons. The third-order valence-electron chi connectivity index (χ3n) is 6.02. The van der Waals surface area contributed by atoms with Crippen molar-refractivity contribution in [1.82, 2.24) is 14.6 Å². The van der Waals surface area contributed by atoms with Crippen LogP contribution >= 0.6 is 7.75 Å². The maximum Gasteiger partial charge on any atom is 0.459 e. The molecule has 14 nitrogen and oxygen atoms in total. The van der Waals surface area contributed by atoms with Crippen molar-refractivity contribution in [3.05, 3.63) is 63.4 Å². The Balaban J connectivity index is 1.80. The van der Waals surface area contributed by atoms with Gasteiger partial charge in [0.2, 0.25) is 0 Å². The third-order valence-corrected chi connectivity index (χ3v) is 7.66. The first-order valence-corrected chi connectivity index (χ1v) is 13.6. The lowest BCUT2D eigenvalue weighted by molar-refractivity contribution is -0.153. The van der Waals surface area contributed by atoms with E-state index >= 15 is 0 Å². The number of carbonyl (C=O) groups is 1. The fourth-order valence-electron chi connectivity index (χ4n) is 3.55. The molecule has 15 heteroatoms. The number of rotatable bonds is 12. The Kier molecular flexibility index (Phi) is 9.76. The van der Waals surface area contributed by atoms with Crippen LogP contribution in [0.2, 0.25) is 0 Å². The van der Waals surface area contributed by atoms with Crippen molar-refractivity contribution in [2.75, 3.05) is 20.3 Å². The number of para-hydroxylation sites is 1. The number of aromatic nitrogens is 2. The summed E-state index contributed by atoms with van der Waals surface area (Å²) in [6.07, 6.45) is 1.61. The minimum Gasteiger partial charge on any atom is -0.461 e. The lowest BCUT2D eigenvalue weighted by Crippen LogP contribution is -2.48. The van der Waals surface area contributed by atoms with Gasteiger partial charge < -0.3 is 28.9 Å². The van der Waals surface area contributed by atoms with Crippen LogP contribution in [0.4, 0.5) is 0 Å². The molecule has 40 heavy (non-hydrogen) atoms. The quantitative estimate of drug-likeness (QED) is 0.153. The molecule has 0 aliphatic carbocycles. The van der Waals surface area contributed by atoms with E-state index in [1.165, 1.54) is 26.2 Å². The summed E-state index contributed by atoms with van der Waals surface area (Å²) >= 11 is 0. The van der Waals surface area contributed by atoms with Crippen molar-refractivity contribution < 1.29 is 42.8 Å². The molecule has 1 aromatic carbocycles. The second-order valence-electron chi connectivity index (χ2n) is 9.58. The van der Waals surface area contributed by atoms with Crippen LogP contribution in [0.1, 0.15) is 27.0 Å². The summed E-state index contributed by atoms with van der Waals surface area (Å²) in [6, 6.07) is 7.74. The fraction of sp³-hybridized carbons (Fsp3) is 0.480. The van der Waals surface area contributed by atoms with Crippen molar-refractivity contribution in [2.45, 2.75) is 56.5 Å². The standard InChI is InChI=1S/C25H32N3O11P/c1-6-25(33)20(30)18(38-22(25)28-13-12-19(29)26-23(28)32)14-37-40(34,39-17-10-8-7-9-11-17)27-16(2)21(31)36-15-24(3,4)35-5/h1,7-13,16,18,20,22,30,33H,14-15H2,2-5H3,(H,27,34)(H,26,29,32)/t16?,18-,20-,22-,25-,40?/m1/s1. The van der Waals surface area contributed by atoms with Crippen LogP contribution in [0.15, 0.2) is 52.2 Å². The van der Waals surface area contributed by atoms with Crippen LogP contribution < -0.4 is 20.9 Å². The van der Waals surface area contributed by atoms with Gasteiger partial charge in [0.15, 0.2) is 11.8 Å². The predicted octanol–water partition coefficient (Wildman–Crippen LogP) is 0.309. The number of H-pyrrole nitrogens is 1. The molecule has 0 bridgehead atoms. The lowest BCUT2D eigenvalue weighted by atomic mass is 9.95. The zero-order chi connectivity index (χ0) is 29.7. The van der Waals surface area contributed by atoms with Gasteiger partial charge in [0, 0.05) is 19.4 Å². The Morgan fingerprint density at radius 1 is 1.32 bits per heavy atom. The van der Waals surface area contributed by atoms with Crippen molar-refractivity contribution in [2.24, 2.45) is 0 Å².